The molecule has 1 aliphatic rings. The van der Waals surface area contributed by atoms with Crippen LogP contribution in [0, 0.1) is 0 Å². The molecule has 0 radical (unpaired) electrons. The van der Waals surface area contributed by atoms with E-state index in [0.29, 0.717) is 6.61 Å². The zero-order valence-electron chi connectivity index (χ0n) is 10.2. The molecule has 1 atom stereocenters. The van der Waals surface area contributed by atoms with Crippen LogP contribution >= 0.6 is 11.8 Å². The average molecular weight is 284 g/mol. The number of amides is 2. The highest BCUT2D eigenvalue weighted by Gasteiger charge is 2.34. The Bertz CT molecular complexity index is 515. The highest BCUT2D eigenvalue weighted by molar-refractivity contribution is 8.14. The van der Waals surface area contributed by atoms with Crippen molar-refractivity contribution < 1.29 is 19.1 Å². The number of carbonyl (C=O) groups is 3. The minimum atomic E-state index is -0.822. The van der Waals surface area contributed by atoms with E-state index in [4.69, 9.17) is 4.74 Å². The molecule has 0 aliphatic carbocycles. The summed E-state index contributed by atoms with van der Waals surface area (Å²) < 4.78 is 6.13. The molecule has 0 spiro atoms. The van der Waals surface area contributed by atoms with Crippen molar-refractivity contribution in [1.82, 2.24) is 20.3 Å². The maximum absolute atomic E-state index is 11.6. The number of aromatic nitrogens is 3. The number of esters is 1. The molecule has 0 unspecified atom stereocenters. The van der Waals surface area contributed by atoms with Crippen molar-refractivity contribution in [3.05, 3.63) is 11.9 Å². The third kappa shape index (κ3) is 3.11. The van der Waals surface area contributed by atoms with E-state index in [1.165, 1.54) is 10.9 Å². The molecule has 0 bridgehead atoms. The number of unbranched alkanes of at least 4 members (excludes halogenated alkanes) is 1. The molecular weight excluding hydrogens is 272 g/mol. The van der Waals surface area contributed by atoms with Gasteiger partial charge < -0.3 is 4.74 Å². The van der Waals surface area contributed by atoms with E-state index in [2.05, 4.69) is 15.6 Å². The van der Waals surface area contributed by atoms with Crippen LogP contribution < -0.4 is 5.32 Å². The van der Waals surface area contributed by atoms with Gasteiger partial charge in [-0.05, 0) is 18.2 Å². The Morgan fingerprint density at radius 1 is 1.58 bits per heavy atom. The molecular formula is C10H12N4O4S. The van der Waals surface area contributed by atoms with Gasteiger partial charge in [0.25, 0.3) is 11.1 Å². The fourth-order valence-corrected chi connectivity index (χ4v) is 2.13. The molecule has 9 heteroatoms. The number of rotatable bonds is 5. The first-order valence-electron chi connectivity index (χ1n) is 5.72. The SMILES string of the molecule is CCCCOC(=O)c1cn([C@H]2SC(=O)NC2=O)nn1. The first-order valence-corrected chi connectivity index (χ1v) is 6.60. The van der Waals surface area contributed by atoms with Crippen molar-refractivity contribution in [1.29, 1.82) is 0 Å². The zero-order chi connectivity index (χ0) is 13.8. The van der Waals surface area contributed by atoms with Crippen LogP contribution in [0.3, 0.4) is 0 Å². The van der Waals surface area contributed by atoms with E-state index in [9.17, 15) is 14.4 Å². The molecule has 19 heavy (non-hydrogen) atoms. The Kier molecular flexibility index (Phi) is 4.15. The molecule has 0 saturated carbocycles. The van der Waals surface area contributed by atoms with Crippen molar-refractivity contribution in [2.75, 3.05) is 6.61 Å². The van der Waals surface area contributed by atoms with Crippen LogP contribution in [-0.2, 0) is 9.53 Å². The highest BCUT2D eigenvalue weighted by Crippen LogP contribution is 2.28. The second-order valence-corrected chi connectivity index (χ2v) is 4.87. The highest BCUT2D eigenvalue weighted by atomic mass is 32.2. The van der Waals surface area contributed by atoms with Gasteiger partial charge in [0, 0.05) is 0 Å². The minimum Gasteiger partial charge on any atom is -0.461 e. The van der Waals surface area contributed by atoms with Gasteiger partial charge in [0.1, 0.15) is 0 Å². The summed E-state index contributed by atoms with van der Waals surface area (Å²) in [6.45, 7) is 2.30. The Morgan fingerprint density at radius 3 is 3.00 bits per heavy atom. The Labute approximate surface area is 112 Å². The Hall–Kier alpha value is -1.90. The van der Waals surface area contributed by atoms with Gasteiger partial charge in [-0.1, -0.05) is 18.6 Å². The van der Waals surface area contributed by atoms with Crippen LogP contribution in [0.25, 0.3) is 0 Å². The predicted molar refractivity (Wildman–Crippen MR) is 65.4 cm³/mol. The summed E-state index contributed by atoms with van der Waals surface area (Å²) in [6.07, 6.45) is 2.99. The number of imide groups is 1. The fourth-order valence-electron chi connectivity index (χ4n) is 1.39. The third-order valence-corrected chi connectivity index (χ3v) is 3.33. The summed E-state index contributed by atoms with van der Waals surface area (Å²) in [7, 11) is 0. The lowest BCUT2D eigenvalue weighted by molar-refractivity contribution is -0.120. The number of hydrogen-bond donors (Lipinski definition) is 1. The normalized spacial score (nSPS) is 18.5. The van der Waals surface area contributed by atoms with Gasteiger partial charge in [0.15, 0.2) is 11.1 Å². The number of hydrogen-bond acceptors (Lipinski definition) is 7. The van der Waals surface area contributed by atoms with E-state index in [1.807, 2.05) is 6.92 Å². The number of ether oxygens (including phenoxy) is 1. The number of nitrogens with zero attached hydrogens (tertiary/aromatic N) is 3. The first kappa shape index (κ1) is 13.5. The molecule has 1 aromatic heterocycles. The van der Waals surface area contributed by atoms with Gasteiger partial charge in [0.2, 0.25) is 0 Å². The van der Waals surface area contributed by atoms with Crippen molar-refractivity contribution in [2.24, 2.45) is 0 Å². The van der Waals surface area contributed by atoms with Crippen molar-refractivity contribution >= 4 is 28.9 Å². The molecule has 0 aromatic carbocycles. The van der Waals surface area contributed by atoms with Gasteiger partial charge in [-0.25, -0.2) is 9.48 Å². The van der Waals surface area contributed by atoms with E-state index >= 15 is 0 Å². The molecule has 1 N–H and O–H groups in total. The predicted octanol–water partition coefficient (Wildman–Crippen LogP) is 0.717. The Balaban J connectivity index is 2.01. The van der Waals surface area contributed by atoms with Crippen LogP contribution in [0.4, 0.5) is 4.79 Å². The lowest BCUT2D eigenvalue weighted by Crippen LogP contribution is -2.23. The summed E-state index contributed by atoms with van der Waals surface area (Å²) in [5, 5.41) is 8.15. The maximum Gasteiger partial charge on any atom is 0.360 e. The lowest BCUT2D eigenvalue weighted by Gasteiger charge is -2.02. The van der Waals surface area contributed by atoms with Gasteiger partial charge in [-0.3, -0.25) is 14.9 Å². The van der Waals surface area contributed by atoms with Gasteiger partial charge in [-0.2, -0.15) is 0 Å². The van der Waals surface area contributed by atoms with E-state index in [0.717, 1.165) is 24.6 Å². The maximum atomic E-state index is 11.6. The molecule has 1 aliphatic heterocycles. The van der Waals surface area contributed by atoms with Crippen LogP contribution in [0.1, 0.15) is 35.6 Å². The number of carbonyl (C=O) groups excluding carboxylic acids is 3. The fraction of sp³-hybridized carbons (Fsp3) is 0.500. The second kappa shape index (κ2) is 5.83. The van der Waals surface area contributed by atoms with Gasteiger partial charge in [-0.15, -0.1) is 5.10 Å². The van der Waals surface area contributed by atoms with Crippen LogP contribution in [-0.4, -0.2) is 38.7 Å². The summed E-state index contributed by atoms with van der Waals surface area (Å²) in [5.74, 6) is -1.07. The quantitative estimate of drug-likeness (QED) is 0.627. The minimum absolute atomic E-state index is 0.0175. The molecule has 2 heterocycles. The van der Waals surface area contributed by atoms with E-state index in [-0.39, 0.29) is 5.69 Å². The number of thioether (sulfide) groups is 1. The third-order valence-electron chi connectivity index (χ3n) is 2.36. The molecule has 8 nitrogen and oxygen atoms in total. The average Bonchev–Trinajstić information content (AvgIpc) is 2.96. The summed E-state index contributed by atoms with van der Waals surface area (Å²) in [4.78, 5) is 34.0. The number of nitrogens with one attached hydrogen (secondary N) is 1. The van der Waals surface area contributed by atoms with E-state index in [1.54, 1.807) is 0 Å². The molecule has 2 rings (SSSR count). The molecule has 1 saturated heterocycles. The molecule has 2 amide bonds. The summed E-state index contributed by atoms with van der Waals surface area (Å²) in [6, 6.07) is 0. The topological polar surface area (TPSA) is 103 Å². The van der Waals surface area contributed by atoms with Crippen LogP contribution in [0.2, 0.25) is 0 Å². The lowest BCUT2D eigenvalue weighted by atomic mass is 10.4. The van der Waals surface area contributed by atoms with Gasteiger partial charge in [0.05, 0.1) is 12.8 Å². The smallest absolute Gasteiger partial charge is 0.360 e. The van der Waals surface area contributed by atoms with Crippen molar-refractivity contribution in [3.8, 4) is 0 Å². The molecule has 102 valence electrons. The largest absolute Gasteiger partial charge is 0.461 e. The van der Waals surface area contributed by atoms with Crippen molar-refractivity contribution in [3.63, 3.8) is 0 Å². The Morgan fingerprint density at radius 2 is 2.37 bits per heavy atom. The van der Waals surface area contributed by atoms with Crippen molar-refractivity contribution in [2.45, 2.75) is 25.1 Å². The standard InChI is InChI=1S/C10H12N4O4S/c1-2-3-4-18-9(16)6-5-14(13-12-6)8-7(15)11-10(17)19-8/h5,8H,2-4H2,1H3,(H,11,15,17)/t8-/m0/s1. The van der Waals surface area contributed by atoms with E-state index < -0.39 is 22.5 Å². The summed E-state index contributed by atoms with van der Waals surface area (Å²) >= 11 is 0.782. The van der Waals surface area contributed by atoms with Crippen LogP contribution in [0.5, 0.6) is 0 Å². The van der Waals surface area contributed by atoms with Crippen LogP contribution in [0.15, 0.2) is 6.20 Å². The molecule has 1 aromatic rings. The zero-order valence-corrected chi connectivity index (χ0v) is 11.0. The first-order chi connectivity index (χ1) is 9.11. The molecule has 1 fully saturated rings. The van der Waals surface area contributed by atoms with Gasteiger partial charge >= 0.3 is 5.97 Å². The second-order valence-electron chi connectivity index (χ2n) is 3.82. The monoisotopic (exact) mass is 284 g/mol. The summed E-state index contributed by atoms with van der Waals surface area (Å²) in [5.41, 5.74) is 0.0175.